The second-order valence-corrected chi connectivity index (χ2v) is 5.44. The van der Waals surface area contributed by atoms with Crippen molar-refractivity contribution in [1.82, 2.24) is 14.9 Å². The Balaban J connectivity index is 2.05. The van der Waals surface area contributed by atoms with E-state index in [0.29, 0.717) is 0 Å². The summed E-state index contributed by atoms with van der Waals surface area (Å²) >= 11 is 0. The lowest BCUT2D eigenvalue weighted by Gasteiger charge is -2.37. The quantitative estimate of drug-likeness (QED) is 0.865. The molecule has 1 N–H and O–H groups in total. The van der Waals surface area contributed by atoms with Crippen molar-refractivity contribution in [2.24, 2.45) is 0 Å². The molecule has 1 amide bonds. The van der Waals surface area contributed by atoms with Gasteiger partial charge < -0.3 is 14.6 Å². The number of carbonyl (C=O) groups is 2. The van der Waals surface area contributed by atoms with Crippen LogP contribution in [-0.2, 0) is 16.8 Å². The topological polar surface area (TPSA) is 73.2 Å². The molecule has 0 saturated heterocycles. The van der Waals surface area contributed by atoms with Crippen LogP contribution in [0.2, 0.25) is 0 Å². The van der Waals surface area contributed by atoms with E-state index in [-0.39, 0.29) is 30.1 Å². The summed E-state index contributed by atoms with van der Waals surface area (Å²) in [5, 5.41) is 2.49. The molecule has 1 aliphatic heterocycles. The summed E-state index contributed by atoms with van der Waals surface area (Å²) in [5.41, 5.74) is -1.68. The number of aromatic nitrogens is 2. The lowest BCUT2D eigenvalue weighted by molar-refractivity contribution is 0.0512. The minimum atomic E-state index is -1.55. The van der Waals surface area contributed by atoms with Crippen molar-refractivity contribution in [2.75, 3.05) is 13.3 Å². The average molecular weight is 335 g/mol. The number of hydrogen-bond acceptors (Lipinski definition) is 4. The fourth-order valence-corrected chi connectivity index (χ4v) is 2.85. The van der Waals surface area contributed by atoms with Gasteiger partial charge in [-0.05, 0) is 13.0 Å². The molecular formula is C16H15F2N3O3. The van der Waals surface area contributed by atoms with E-state index >= 15 is 0 Å². The summed E-state index contributed by atoms with van der Waals surface area (Å²) in [6.45, 7) is 0.674. The van der Waals surface area contributed by atoms with Gasteiger partial charge in [0, 0.05) is 5.56 Å². The fraction of sp³-hybridized carbons (Fsp3) is 0.312. The Kier molecular flexibility index (Phi) is 4.04. The van der Waals surface area contributed by atoms with Gasteiger partial charge in [0.1, 0.15) is 23.7 Å². The summed E-state index contributed by atoms with van der Waals surface area (Å²) < 4.78 is 34.2. The minimum absolute atomic E-state index is 0.0196. The highest BCUT2D eigenvalue weighted by atomic mass is 19.1. The van der Waals surface area contributed by atoms with E-state index < -0.39 is 29.9 Å². The minimum Gasteiger partial charge on any atom is -0.461 e. The van der Waals surface area contributed by atoms with Crippen molar-refractivity contribution in [3.63, 3.8) is 0 Å². The van der Waals surface area contributed by atoms with Crippen molar-refractivity contribution >= 4 is 11.9 Å². The lowest BCUT2D eigenvalue weighted by atomic mass is 9.88. The molecule has 0 aliphatic carbocycles. The Bertz CT molecular complexity index is 806. The second-order valence-electron chi connectivity index (χ2n) is 5.44. The molecule has 0 saturated carbocycles. The third-order valence-corrected chi connectivity index (χ3v) is 3.93. The highest BCUT2D eigenvalue weighted by Gasteiger charge is 2.43. The van der Waals surface area contributed by atoms with Crippen LogP contribution >= 0.6 is 0 Å². The third kappa shape index (κ3) is 2.44. The van der Waals surface area contributed by atoms with Gasteiger partial charge >= 0.3 is 5.97 Å². The molecule has 0 bridgehead atoms. The summed E-state index contributed by atoms with van der Waals surface area (Å²) in [4.78, 5) is 28.2. The maximum absolute atomic E-state index is 14.1. The first-order valence-electron chi connectivity index (χ1n) is 7.38. The third-order valence-electron chi connectivity index (χ3n) is 3.93. The van der Waals surface area contributed by atoms with Gasteiger partial charge in [-0.3, -0.25) is 4.79 Å². The molecule has 1 unspecified atom stereocenters. The van der Waals surface area contributed by atoms with Gasteiger partial charge in [0.25, 0.3) is 5.91 Å². The van der Waals surface area contributed by atoms with Gasteiger partial charge in [-0.15, -0.1) is 0 Å². The van der Waals surface area contributed by atoms with Crippen molar-refractivity contribution < 1.29 is 23.1 Å². The molecule has 24 heavy (non-hydrogen) atoms. The van der Waals surface area contributed by atoms with Gasteiger partial charge in [-0.1, -0.05) is 18.2 Å². The SMILES string of the molecule is CCOC(=O)c1ncn2c1C(=O)NC(CF)(c1ccccc1F)C2. The standard InChI is InChI=1S/C16H15F2N3O3/c1-2-24-15(23)12-13-14(22)20-16(7-17,8-21(13)9-19-12)10-5-3-4-6-11(10)18/h3-6,9H,2,7-8H2,1H3,(H,20,22). The first kappa shape index (κ1) is 16.1. The van der Waals surface area contributed by atoms with Crippen molar-refractivity contribution in [2.45, 2.75) is 19.0 Å². The molecule has 2 aromatic rings. The van der Waals surface area contributed by atoms with Crippen LogP contribution < -0.4 is 5.32 Å². The zero-order chi connectivity index (χ0) is 17.3. The maximum Gasteiger partial charge on any atom is 0.359 e. The summed E-state index contributed by atoms with van der Waals surface area (Å²) in [5.74, 6) is -2.06. The lowest BCUT2D eigenvalue weighted by Crippen LogP contribution is -2.55. The smallest absolute Gasteiger partial charge is 0.359 e. The van der Waals surface area contributed by atoms with Gasteiger partial charge in [-0.25, -0.2) is 18.6 Å². The zero-order valence-electron chi connectivity index (χ0n) is 12.9. The predicted molar refractivity (Wildman–Crippen MR) is 79.7 cm³/mol. The number of halogens is 2. The highest BCUT2D eigenvalue weighted by molar-refractivity contribution is 6.03. The number of ether oxygens (including phenoxy) is 1. The van der Waals surface area contributed by atoms with Crippen molar-refractivity contribution in [3.8, 4) is 0 Å². The van der Waals surface area contributed by atoms with E-state index in [4.69, 9.17) is 4.74 Å². The number of amides is 1. The molecule has 1 aliphatic rings. The number of nitrogens with zero attached hydrogens (tertiary/aromatic N) is 2. The van der Waals surface area contributed by atoms with E-state index in [1.165, 1.54) is 29.1 Å². The van der Waals surface area contributed by atoms with Crippen LogP contribution in [0.5, 0.6) is 0 Å². The van der Waals surface area contributed by atoms with E-state index in [2.05, 4.69) is 10.3 Å². The number of esters is 1. The summed E-state index contributed by atoms with van der Waals surface area (Å²) in [6, 6.07) is 5.67. The van der Waals surface area contributed by atoms with Crippen molar-refractivity contribution in [3.05, 3.63) is 53.4 Å². The molecule has 8 heteroatoms. The predicted octanol–water partition coefficient (Wildman–Crippen LogP) is 1.81. The normalized spacial score (nSPS) is 19.5. The number of benzene rings is 1. The van der Waals surface area contributed by atoms with Crippen LogP contribution in [0.1, 0.15) is 33.5 Å². The number of carbonyl (C=O) groups excluding carboxylic acids is 2. The molecule has 6 nitrogen and oxygen atoms in total. The largest absolute Gasteiger partial charge is 0.461 e. The Labute approximate surface area is 136 Å². The number of nitrogens with one attached hydrogen (secondary N) is 1. The van der Waals surface area contributed by atoms with Gasteiger partial charge in [0.2, 0.25) is 0 Å². The Hall–Kier alpha value is -2.77. The Morgan fingerprint density at radius 3 is 2.88 bits per heavy atom. The summed E-state index contributed by atoms with van der Waals surface area (Å²) in [6.07, 6.45) is 1.26. The number of fused-ring (bicyclic) bond motifs is 1. The first-order valence-corrected chi connectivity index (χ1v) is 7.38. The zero-order valence-corrected chi connectivity index (χ0v) is 12.9. The van der Waals surface area contributed by atoms with Crippen LogP contribution in [-0.4, -0.2) is 34.7 Å². The van der Waals surface area contributed by atoms with Crippen LogP contribution in [0.3, 0.4) is 0 Å². The van der Waals surface area contributed by atoms with Gasteiger partial charge in [0.15, 0.2) is 5.69 Å². The van der Waals surface area contributed by atoms with Gasteiger partial charge in [-0.2, -0.15) is 0 Å². The molecule has 0 spiro atoms. The molecule has 0 radical (unpaired) electrons. The molecule has 3 rings (SSSR count). The molecule has 126 valence electrons. The molecule has 2 heterocycles. The van der Waals surface area contributed by atoms with Crippen LogP contribution in [0.4, 0.5) is 8.78 Å². The number of alkyl halides is 1. The van der Waals surface area contributed by atoms with E-state index in [1.54, 1.807) is 13.0 Å². The van der Waals surface area contributed by atoms with Crippen LogP contribution in [0.15, 0.2) is 30.6 Å². The average Bonchev–Trinajstić information content (AvgIpc) is 2.99. The first-order chi connectivity index (χ1) is 11.5. The molecule has 1 aromatic carbocycles. The Morgan fingerprint density at radius 2 is 2.21 bits per heavy atom. The molecule has 0 fully saturated rings. The molecule has 1 aromatic heterocycles. The molecule has 1 atom stereocenters. The van der Waals surface area contributed by atoms with Crippen molar-refractivity contribution in [1.29, 1.82) is 0 Å². The van der Waals surface area contributed by atoms with E-state index in [1.807, 2.05) is 0 Å². The van der Waals surface area contributed by atoms with Gasteiger partial charge in [0.05, 0.1) is 19.5 Å². The summed E-state index contributed by atoms with van der Waals surface area (Å²) in [7, 11) is 0. The number of imidazole rings is 1. The second kappa shape index (κ2) is 6.03. The maximum atomic E-state index is 14.1. The van der Waals surface area contributed by atoms with E-state index in [0.717, 1.165) is 0 Å². The number of hydrogen-bond donors (Lipinski definition) is 1. The Morgan fingerprint density at radius 1 is 1.46 bits per heavy atom. The van der Waals surface area contributed by atoms with E-state index in [9.17, 15) is 18.4 Å². The number of rotatable bonds is 4. The fourth-order valence-electron chi connectivity index (χ4n) is 2.85. The highest BCUT2D eigenvalue weighted by Crippen LogP contribution is 2.31. The molecular weight excluding hydrogens is 320 g/mol. The van der Waals surface area contributed by atoms with Crippen LogP contribution in [0.25, 0.3) is 0 Å². The van der Waals surface area contributed by atoms with Crippen LogP contribution in [0, 0.1) is 5.82 Å². The monoisotopic (exact) mass is 335 g/mol.